The summed E-state index contributed by atoms with van der Waals surface area (Å²) >= 11 is 0. The minimum Gasteiger partial charge on any atom is -0.445 e. The van der Waals surface area contributed by atoms with Crippen LogP contribution in [0.5, 0.6) is 0 Å². The lowest BCUT2D eigenvalue weighted by molar-refractivity contribution is -0.138. The first-order chi connectivity index (χ1) is 29.0. The average Bonchev–Trinajstić information content (AvgIpc) is 3.66. The van der Waals surface area contributed by atoms with Gasteiger partial charge in [-0.15, -0.1) is 0 Å². The quantitative estimate of drug-likeness (QED) is 0.312. The van der Waals surface area contributed by atoms with Gasteiger partial charge in [0.15, 0.2) is 0 Å². The van der Waals surface area contributed by atoms with Crippen LogP contribution in [0, 0.1) is 0 Å². The first-order valence-electron chi connectivity index (χ1n) is 20.8. The van der Waals surface area contributed by atoms with Crippen molar-refractivity contribution in [3.8, 4) is 0 Å². The van der Waals surface area contributed by atoms with Crippen LogP contribution in [0.25, 0.3) is 0 Å². The SMILES string of the molecule is CC1c2cc(N3CCN(C(=O)OCc4ccccc4)CC3)ccc2C(=O)N1C1CCC(=O)NC1=O.CC1c2cc(N3CCNCC3)ccc2C(=O)N1C1CCC(=O)NC1=O. The highest BCUT2D eigenvalue weighted by Crippen LogP contribution is 2.40. The van der Waals surface area contributed by atoms with Gasteiger partial charge in [-0.2, -0.15) is 0 Å². The van der Waals surface area contributed by atoms with Crippen molar-refractivity contribution in [1.29, 1.82) is 0 Å². The number of fused-ring (bicyclic) bond motifs is 2. The summed E-state index contributed by atoms with van der Waals surface area (Å²) in [4.78, 5) is 95.4. The van der Waals surface area contributed by atoms with Crippen LogP contribution in [-0.2, 0) is 30.5 Å². The van der Waals surface area contributed by atoms with Crippen LogP contribution in [0.2, 0.25) is 0 Å². The van der Waals surface area contributed by atoms with Gasteiger partial charge < -0.3 is 34.6 Å². The summed E-state index contributed by atoms with van der Waals surface area (Å²) in [5, 5.41) is 8.03. The third-order valence-electron chi connectivity index (χ3n) is 12.4. The number of rotatable bonds is 6. The molecule has 4 atom stereocenters. The highest BCUT2D eigenvalue weighted by atomic mass is 16.6. The number of benzene rings is 3. The third-order valence-corrected chi connectivity index (χ3v) is 12.4. The fourth-order valence-corrected chi connectivity index (χ4v) is 9.10. The molecule has 4 unspecified atom stereocenters. The number of amides is 7. The van der Waals surface area contributed by atoms with E-state index in [2.05, 4.69) is 31.8 Å². The molecule has 3 aromatic rings. The molecule has 314 valence electrons. The van der Waals surface area contributed by atoms with Crippen LogP contribution in [0.3, 0.4) is 0 Å². The van der Waals surface area contributed by atoms with Crippen molar-refractivity contribution in [3.05, 3.63) is 94.5 Å². The number of ether oxygens (including phenoxy) is 1. The highest BCUT2D eigenvalue weighted by Gasteiger charge is 2.45. The third kappa shape index (κ3) is 8.03. The van der Waals surface area contributed by atoms with Gasteiger partial charge >= 0.3 is 6.09 Å². The van der Waals surface area contributed by atoms with Gasteiger partial charge in [-0.1, -0.05) is 30.3 Å². The number of piperazine rings is 2. The highest BCUT2D eigenvalue weighted by molar-refractivity contribution is 6.07. The number of nitrogens with zero attached hydrogens (tertiary/aromatic N) is 5. The van der Waals surface area contributed by atoms with E-state index in [1.807, 2.05) is 74.5 Å². The number of anilines is 2. The molecule has 0 aliphatic carbocycles. The Hall–Kier alpha value is -6.29. The lowest BCUT2D eigenvalue weighted by Crippen LogP contribution is -2.53. The molecule has 6 heterocycles. The molecule has 9 rings (SSSR count). The van der Waals surface area contributed by atoms with E-state index in [-0.39, 0.29) is 67.2 Å². The van der Waals surface area contributed by atoms with Gasteiger partial charge in [-0.3, -0.25) is 39.4 Å². The van der Waals surface area contributed by atoms with Crippen molar-refractivity contribution < 1.29 is 38.3 Å². The lowest BCUT2D eigenvalue weighted by Gasteiger charge is -2.36. The topological polar surface area (TPSA) is 181 Å². The predicted molar refractivity (Wildman–Crippen MR) is 220 cm³/mol. The summed E-state index contributed by atoms with van der Waals surface area (Å²) in [6.07, 6.45) is 0.909. The number of piperidine rings is 2. The van der Waals surface area contributed by atoms with Gasteiger partial charge in [-0.05, 0) is 79.8 Å². The van der Waals surface area contributed by atoms with E-state index in [9.17, 15) is 33.6 Å². The van der Waals surface area contributed by atoms with Crippen molar-refractivity contribution in [3.63, 3.8) is 0 Å². The number of imide groups is 2. The standard InChI is InChI=1S/C26H28N4O5.C18H22N4O3/c1-17-21-15-19(7-8-20(21)25(33)30(17)22-9-10-23(31)27-24(22)32)28-11-13-29(14-12-28)26(34)35-16-18-5-3-2-4-6-18;1-11-14-10-12(21-8-6-19-7-9-21)2-3-13(14)18(25)22(11)15-4-5-16(23)20-17(15)24/h2-8,15,17,22H,9-14,16H2,1H3,(H,27,31,32);2-3,10-11,15,19H,4-9H2,1H3,(H,20,23,24). The fourth-order valence-electron chi connectivity index (χ4n) is 9.10. The van der Waals surface area contributed by atoms with Crippen molar-refractivity contribution >= 4 is 52.9 Å². The molecule has 16 nitrogen and oxygen atoms in total. The van der Waals surface area contributed by atoms with Crippen LogP contribution in [0.4, 0.5) is 16.2 Å². The summed E-state index contributed by atoms with van der Waals surface area (Å²) in [5.74, 6) is -1.65. The Morgan fingerprint density at radius 3 is 1.60 bits per heavy atom. The molecular formula is C44H50N8O8. The van der Waals surface area contributed by atoms with Gasteiger partial charge in [0.1, 0.15) is 18.7 Å². The minimum absolute atomic E-state index is 0.121. The molecular weight excluding hydrogens is 769 g/mol. The van der Waals surface area contributed by atoms with E-state index in [1.54, 1.807) is 14.7 Å². The molecule has 6 aliphatic rings. The molecule has 3 N–H and O–H groups in total. The summed E-state index contributed by atoms with van der Waals surface area (Å²) in [6.45, 7) is 10.3. The van der Waals surface area contributed by atoms with E-state index in [1.165, 1.54) is 0 Å². The smallest absolute Gasteiger partial charge is 0.410 e. The Bertz CT molecular complexity index is 2200. The molecule has 7 amide bonds. The number of hydrogen-bond donors (Lipinski definition) is 3. The lowest BCUT2D eigenvalue weighted by atomic mass is 10.0. The zero-order valence-corrected chi connectivity index (χ0v) is 33.9. The molecule has 4 saturated heterocycles. The van der Waals surface area contributed by atoms with Crippen molar-refractivity contribution in [2.24, 2.45) is 0 Å². The summed E-state index contributed by atoms with van der Waals surface area (Å²) in [6, 6.07) is 19.6. The van der Waals surface area contributed by atoms with Crippen LogP contribution in [0.15, 0.2) is 66.7 Å². The number of carbonyl (C=O) groups excluding carboxylic acids is 7. The first-order valence-corrected chi connectivity index (χ1v) is 20.8. The first kappa shape index (κ1) is 40.5. The van der Waals surface area contributed by atoms with E-state index in [0.29, 0.717) is 50.1 Å². The Morgan fingerprint density at radius 1 is 0.633 bits per heavy atom. The normalized spacial score (nSPS) is 24.1. The fraction of sp³-hybridized carbons (Fsp3) is 0.432. The Labute approximate surface area is 348 Å². The van der Waals surface area contributed by atoms with Gasteiger partial charge in [0.05, 0.1) is 12.1 Å². The van der Waals surface area contributed by atoms with Crippen molar-refractivity contribution in [2.45, 2.75) is 70.3 Å². The second kappa shape index (κ2) is 17.1. The predicted octanol–water partition coefficient (Wildman–Crippen LogP) is 2.89. The van der Waals surface area contributed by atoms with Crippen LogP contribution < -0.4 is 25.8 Å². The summed E-state index contributed by atoms with van der Waals surface area (Å²) in [7, 11) is 0. The molecule has 0 bridgehead atoms. The monoisotopic (exact) mass is 818 g/mol. The molecule has 16 heteroatoms. The van der Waals surface area contributed by atoms with Gasteiger partial charge in [0.25, 0.3) is 11.8 Å². The Morgan fingerprint density at radius 2 is 1.12 bits per heavy atom. The summed E-state index contributed by atoms with van der Waals surface area (Å²) < 4.78 is 5.45. The second-order valence-corrected chi connectivity index (χ2v) is 16.0. The van der Waals surface area contributed by atoms with Gasteiger partial charge in [0.2, 0.25) is 23.6 Å². The zero-order valence-electron chi connectivity index (χ0n) is 33.9. The average molecular weight is 819 g/mol. The second-order valence-electron chi connectivity index (χ2n) is 16.0. The molecule has 0 saturated carbocycles. The van der Waals surface area contributed by atoms with Crippen LogP contribution in [0.1, 0.15) is 89.0 Å². The maximum atomic E-state index is 13.1. The van der Waals surface area contributed by atoms with E-state index in [4.69, 9.17) is 4.74 Å². The Balaban J connectivity index is 0.000000176. The Kier molecular flexibility index (Phi) is 11.6. The molecule has 0 aromatic heterocycles. The molecule has 0 spiro atoms. The molecule has 4 fully saturated rings. The minimum atomic E-state index is -0.642. The van der Waals surface area contributed by atoms with E-state index in [0.717, 1.165) is 54.2 Å². The van der Waals surface area contributed by atoms with Crippen LogP contribution in [-0.4, -0.2) is 121 Å². The van der Waals surface area contributed by atoms with Crippen LogP contribution >= 0.6 is 0 Å². The van der Waals surface area contributed by atoms with E-state index < -0.39 is 18.0 Å². The molecule has 60 heavy (non-hydrogen) atoms. The van der Waals surface area contributed by atoms with Gasteiger partial charge in [-0.25, -0.2) is 4.79 Å². The van der Waals surface area contributed by atoms with Crippen molar-refractivity contribution in [2.75, 3.05) is 62.2 Å². The maximum absolute atomic E-state index is 13.1. The van der Waals surface area contributed by atoms with Gasteiger partial charge in [0, 0.05) is 87.7 Å². The molecule has 3 aromatic carbocycles. The number of carbonyl (C=O) groups is 7. The number of nitrogens with one attached hydrogen (secondary N) is 3. The largest absolute Gasteiger partial charge is 0.445 e. The number of hydrogen-bond acceptors (Lipinski definition) is 11. The molecule has 6 aliphatic heterocycles. The molecule has 0 radical (unpaired) electrons. The van der Waals surface area contributed by atoms with Crippen molar-refractivity contribution in [1.82, 2.24) is 30.7 Å². The summed E-state index contributed by atoms with van der Waals surface area (Å²) in [5.41, 5.74) is 6.14. The van der Waals surface area contributed by atoms with E-state index >= 15 is 0 Å². The zero-order chi connectivity index (χ0) is 42.1. The maximum Gasteiger partial charge on any atom is 0.410 e.